The SMILES string of the molecule is CN(CC1CC(O)C1)C(=O)c1ccc(C=CC(=O)O)cc1. The van der Waals surface area contributed by atoms with Crippen LogP contribution in [0.1, 0.15) is 28.8 Å². The largest absolute Gasteiger partial charge is 0.478 e. The second-order valence-electron chi connectivity index (χ2n) is 5.47. The van der Waals surface area contributed by atoms with E-state index in [0.717, 1.165) is 24.5 Å². The van der Waals surface area contributed by atoms with Crippen molar-refractivity contribution in [3.63, 3.8) is 0 Å². The number of amides is 1. The summed E-state index contributed by atoms with van der Waals surface area (Å²) < 4.78 is 0. The van der Waals surface area contributed by atoms with Gasteiger partial charge in [-0.2, -0.15) is 0 Å². The first-order valence-electron chi connectivity index (χ1n) is 6.90. The second kappa shape index (κ2) is 6.54. The molecule has 0 atom stereocenters. The molecule has 1 fully saturated rings. The van der Waals surface area contributed by atoms with Crippen LogP contribution >= 0.6 is 0 Å². The molecule has 0 unspecified atom stereocenters. The lowest BCUT2D eigenvalue weighted by molar-refractivity contribution is -0.131. The quantitative estimate of drug-likeness (QED) is 0.808. The Kier molecular flexibility index (Phi) is 4.75. The van der Waals surface area contributed by atoms with Crippen LogP contribution in [-0.2, 0) is 4.79 Å². The minimum Gasteiger partial charge on any atom is -0.478 e. The van der Waals surface area contributed by atoms with E-state index in [0.29, 0.717) is 18.0 Å². The number of nitrogens with zero attached hydrogens (tertiary/aromatic N) is 1. The predicted molar refractivity (Wildman–Crippen MR) is 78.8 cm³/mol. The molecule has 112 valence electrons. The van der Waals surface area contributed by atoms with Crippen molar-refractivity contribution in [2.24, 2.45) is 5.92 Å². The third kappa shape index (κ3) is 4.16. The lowest BCUT2D eigenvalue weighted by atomic mass is 9.82. The van der Waals surface area contributed by atoms with E-state index < -0.39 is 5.97 Å². The fourth-order valence-corrected chi connectivity index (χ4v) is 2.44. The summed E-state index contributed by atoms with van der Waals surface area (Å²) >= 11 is 0. The Morgan fingerprint density at radius 2 is 1.90 bits per heavy atom. The van der Waals surface area contributed by atoms with Crippen LogP contribution in [0.25, 0.3) is 6.08 Å². The van der Waals surface area contributed by atoms with Crippen molar-refractivity contribution in [2.45, 2.75) is 18.9 Å². The van der Waals surface area contributed by atoms with Crippen molar-refractivity contribution in [2.75, 3.05) is 13.6 Å². The van der Waals surface area contributed by atoms with E-state index >= 15 is 0 Å². The third-order valence-electron chi connectivity index (χ3n) is 3.67. The van der Waals surface area contributed by atoms with Gasteiger partial charge in [0.15, 0.2) is 0 Å². The van der Waals surface area contributed by atoms with E-state index in [1.165, 1.54) is 6.08 Å². The molecule has 0 saturated heterocycles. The van der Waals surface area contributed by atoms with Crippen LogP contribution in [0.5, 0.6) is 0 Å². The zero-order valence-electron chi connectivity index (χ0n) is 11.9. The summed E-state index contributed by atoms with van der Waals surface area (Å²) in [7, 11) is 1.76. The van der Waals surface area contributed by atoms with Crippen LogP contribution in [0.15, 0.2) is 30.3 Å². The molecule has 1 aliphatic rings. The fourth-order valence-electron chi connectivity index (χ4n) is 2.44. The number of rotatable bonds is 5. The third-order valence-corrected chi connectivity index (χ3v) is 3.67. The Labute approximate surface area is 123 Å². The smallest absolute Gasteiger partial charge is 0.328 e. The van der Waals surface area contributed by atoms with Crippen LogP contribution in [0.3, 0.4) is 0 Å². The Morgan fingerprint density at radius 1 is 1.29 bits per heavy atom. The monoisotopic (exact) mass is 289 g/mol. The van der Waals surface area contributed by atoms with Crippen molar-refractivity contribution < 1.29 is 19.8 Å². The molecule has 0 heterocycles. The number of carboxylic acids is 1. The standard InChI is InChI=1S/C16H19NO4/c1-17(10-12-8-14(18)9-12)16(21)13-5-2-11(3-6-13)4-7-15(19)20/h2-7,12,14,18H,8-10H2,1H3,(H,19,20). The zero-order chi connectivity index (χ0) is 15.4. The molecule has 0 aliphatic heterocycles. The van der Waals surface area contributed by atoms with Gasteiger partial charge in [0.25, 0.3) is 5.91 Å². The molecule has 0 spiro atoms. The van der Waals surface area contributed by atoms with E-state index in [2.05, 4.69) is 0 Å². The zero-order valence-corrected chi connectivity index (χ0v) is 11.9. The van der Waals surface area contributed by atoms with Crippen molar-refractivity contribution in [3.05, 3.63) is 41.5 Å². The molecule has 21 heavy (non-hydrogen) atoms. The van der Waals surface area contributed by atoms with Crippen LogP contribution in [0, 0.1) is 5.92 Å². The van der Waals surface area contributed by atoms with Crippen LogP contribution in [0.2, 0.25) is 0 Å². The first-order chi connectivity index (χ1) is 9.95. The summed E-state index contributed by atoms with van der Waals surface area (Å²) in [6.45, 7) is 0.649. The molecule has 1 saturated carbocycles. The van der Waals surface area contributed by atoms with Crippen molar-refractivity contribution >= 4 is 18.0 Å². The van der Waals surface area contributed by atoms with Gasteiger partial charge in [0.1, 0.15) is 0 Å². The number of aliphatic carboxylic acids is 1. The maximum absolute atomic E-state index is 12.2. The molecule has 1 aromatic rings. The Balaban J connectivity index is 1.94. The number of carbonyl (C=O) groups is 2. The number of benzene rings is 1. The highest BCUT2D eigenvalue weighted by atomic mass is 16.4. The molecule has 1 aromatic carbocycles. The van der Waals surface area contributed by atoms with Gasteiger partial charge in [-0.1, -0.05) is 12.1 Å². The molecule has 5 heteroatoms. The highest BCUT2D eigenvalue weighted by molar-refractivity contribution is 5.94. The van der Waals surface area contributed by atoms with E-state index in [1.807, 2.05) is 0 Å². The highest BCUT2D eigenvalue weighted by Crippen LogP contribution is 2.27. The van der Waals surface area contributed by atoms with Gasteiger partial charge < -0.3 is 15.1 Å². The number of hydrogen-bond donors (Lipinski definition) is 2. The van der Waals surface area contributed by atoms with Gasteiger partial charge in [-0.05, 0) is 42.5 Å². The summed E-state index contributed by atoms with van der Waals surface area (Å²) in [5.74, 6) is -0.686. The number of hydrogen-bond acceptors (Lipinski definition) is 3. The molecule has 2 rings (SSSR count). The number of aliphatic hydroxyl groups excluding tert-OH is 1. The molecule has 5 nitrogen and oxygen atoms in total. The van der Waals surface area contributed by atoms with Gasteiger partial charge in [-0.3, -0.25) is 4.79 Å². The minimum absolute atomic E-state index is 0.0647. The summed E-state index contributed by atoms with van der Waals surface area (Å²) in [5.41, 5.74) is 1.31. The predicted octanol–water partition coefficient (Wildman–Crippen LogP) is 1.63. The van der Waals surface area contributed by atoms with Crippen LogP contribution in [-0.4, -0.2) is 46.7 Å². The maximum Gasteiger partial charge on any atom is 0.328 e. The lowest BCUT2D eigenvalue weighted by Crippen LogP contribution is -2.39. The summed E-state index contributed by atoms with van der Waals surface area (Å²) in [4.78, 5) is 24.3. The minimum atomic E-state index is -1.00. The number of aliphatic hydroxyl groups is 1. The second-order valence-corrected chi connectivity index (χ2v) is 5.47. The molecule has 0 bridgehead atoms. The van der Waals surface area contributed by atoms with Gasteiger partial charge in [0.2, 0.25) is 0 Å². The summed E-state index contributed by atoms with van der Waals surface area (Å²) in [5, 5.41) is 17.8. The fraction of sp³-hybridized carbons (Fsp3) is 0.375. The van der Waals surface area contributed by atoms with Gasteiger partial charge >= 0.3 is 5.97 Å². The first kappa shape index (κ1) is 15.3. The Bertz CT molecular complexity index is 544. The molecular formula is C16H19NO4. The highest BCUT2D eigenvalue weighted by Gasteiger charge is 2.29. The Morgan fingerprint density at radius 3 is 2.43 bits per heavy atom. The van der Waals surface area contributed by atoms with Crippen molar-refractivity contribution in [1.29, 1.82) is 0 Å². The maximum atomic E-state index is 12.2. The molecule has 1 amide bonds. The average Bonchev–Trinajstić information content (AvgIpc) is 2.43. The summed E-state index contributed by atoms with van der Waals surface area (Å²) in [6, 6.07) is 6.81. The van der Waals surface area contributed by atoms with Gasteiger partial charge in [-0.15, -0.1) is 0 Å². The molecule has 1 aliphatic carbocycles. The van der Waals surface area contributed by atoms with Gasteiger partial charge in [-0.25, -0.2) is 4.79 Å². The number of carboxylic acid groups (broad SMARTS) is 1. The van der Waals surface area contributed by atoms with E-state index in [9.17, 15) is 14.7 Å². The normalized spacial score (nSPS) is 21.0. The van der Waals surface area contributed by atoms with Crippen molar-refractivity contribution in [1.82, 2.24) is 4.90 Å². The van der Waals surface area contributed by atoms with Crippen LogP contribution in [0.4, 0.5) is 0 Å². The van der Waals surface area contributed by atoms with Gasteiger partial charge in [0, 0.05) is 25.2 Å². The molecule has 0 radical (unpaired) electrons. The van der Waals surface area contributed by atoms with E-state index in [-0.39, 0.29) is 12.0 Å². The molecular weight excluding hydrogens is 270 g/mol. The molecule has 2 N–H and O–H groups in total. The van der Waals surface area contributed by atoms with E-state index in [1.54, 1.807) is 36.2 Å². The Hall–Kier alpha value is -2.14. The molecule has 0 aromatic heterocycles. The lowest BCUT2D eigenvalue weighted by Gasteiger charge is -2.34. The topological polar surface area (TPSA) is 77.8 Å². The summed E-state index contributed by atoms with van der Waals surface area (Å²) in [6.07, 6.45) is 3.85. The number of carbonyl (C=O) groups excluding carboxylic acids is 1. The van der Waals surface area contributed by atoms with Crippen LogP contribution < -0.4 is 0 Å². The van der Waals surface area contributed by atoms with Gasteiger partial charge in [0.05, 0.1) is 6.10 Å². The van der Waals surface area contributed by atoms with E-state index in [4.69, 9.17) is 5.11 Å². The first-order valence-corrected chi connectivity index (χ1v) is 6.90. The van der Waals surface area contributed by atoms with Crippen molar-refractivity contribution in [3.8, 4) is 0 Å². The average molecular weight is 289 g/mol.